The van der Waals surface area contributed by atoms with E-state index in [1.807, 2.05) is 0 Å². The summed E-state index contributed by atoms with van der Waals surface area (Å²) in [6, 6.07) is 0. The first-order valence-electron chi connectivity index (χ1n) is 5.23. The smallest absolute Gasteiger partial charge is 0.322 e. The number of carboxylic acid groups (broad SMARTS) is 5. The molecule has 0 heterocycles. The summed E-state index contributed by atoms with van der Waals surface area (Å²) in [6.45, 7) is 0. The van der Waals surface area contributed by atoms with Crippen molar-refractivity contribution in [2.45, 2.75) is 6.42 Å². The van der Waals surface area contributed by atoms with Gasteiger partial charge in [0.05, 0.1) is 17.8 Å². The third-order valence-electron chi connectivity index (χ3n) is 3.52. The molecule has 0 bridgehead atoms. The highest BCUT2D eigenvalue weighted by Gasteiger charge is 2.71. The maximum absolute atomic E-state index is 11.3. The lowest BCUT2D eigenvalue weighted by atomic mass is 9.70. The maximum Gasteiger partial charge on any atom is 0.322 e. The second-order valence-corrected chi connectivity index (χ2v) is 4.37. The highest BCUT2D eigenvalue weighted by molar-refractivity contribution is 6.08. The second-order valence-electron chi connectivity index (χ2n) is 4.37. The van der Waals surface area contributed by atoms with Crippen molar-refractivity contribution in [3.05, 3.63) is 0 Å². The zero-order valence-electron chi connectivity index (χ0n) is 9.72. The first kappa shape index (κ1) is 15.4. The van der Waals surface area contributed by atoms with Crippen LogP contribution in [0.5, 0.6) is 0 Å². The van der Waals surface area contributed by atoms with Crippen molar-refractivity contribution < 1.29 is 49.5 Å². The molecule has 10 nitrogen and oxygen atoms in total. The van der Waals surface area contributed by atoms with Gasteiger partial charge in [0.2, 0.25) is 0 Å². The van der Waals surface area contributed by atoms with Gasteiger partial charge in [0.25, 0.3) is 0 Å². The quantitative estimate of drug-likeness (QED) is 0.378. The van der Waals surface area contributed by atoms with Gasteiger partial charge in [0, 0.05) is 0 Å². The molecule has 1 aliphatic carbocycles. The summed E-state index contributed by atoms with van der Waals surface area (Å²) >= 11 is 0. The molecule has 0 amide bonds. The van der Waals surface area contributed by atoms with Crippen molar-refractivity contribution in [3.8, 4) is 0 Å². The van der Waals surface area contributed by atoms with Gasteiger partial charge in [-0.05, 0) is 6.42 Å². The molecule has 5 N–H and O–H groups in total. The van der Waals surface area contributed by atoms with E-state index in [4.69, 9.17) is 25.5 Å². The topological polar surface area (TPSA) is 186 Å². The van der Waals surface area contributed by atoms with Crippen LogP contribution in [0.4, 0.5) is 0 Å². The van der Waals surface area contributed by atoms with E-state index < -0.39 is 59.4 Å². The largest absolute Gasteiger partial charge is 0.481 e. The van der Waals surface area contributed by atoms with E-state index in [1.54, 1.807) is 0 Å². The molecular weight excluding hydrogens is 280 g/mol. The first-order valence-corrected chi connectivity index (χ1v) is 5.23. The van der Waals surface area contributed by atoms with Gasteiger partial charge < -0.3 is 25.5 Å². The van der Waals surface area contributed by atoms with E-state index in [0.717, 1.165) is 0 Å². The normalized spacial score (nSPS) is 27.7. The van der Waals surface area contributed by atoms with Gasteiger partial charge in [-0.1, -0.05) is 0 Å². The molecule has 0 saturated heterocycles. The summed E-state index contributed by atoms with van der Waals surface area (Å²) in [5.74, 6) is -16.4. The molecule has 0 aliphatic heterocycles. The number of carbonyl (C=O) groups is 5. The minimum Gasteiger partial charge on any atom is -0.481 e. The van der Waals surface area contributed by atoms with Gasteiger partial charge in [-0.3, -0.25) is 24.0 Å². The predicted molar refractivity (Wildman–Crippen MR) is 55.7 cm³/mol. The van der Waals surface area contributed by atoms with Crippen molar-refractivity contribution in [1.82, 2.24) is 0 Å². The monoisotopic (exact) mass is 290 g/mol. The fourth-order valence-electron chi connectivity index (χ4n) is 2.67. The average molecular weight is 290 g/mol. The van der Waals surface area contributed by atoms with Crippen molar-refractivity contribution in [2.75, 3.05) is 0 Å². The van der Waals surface area contributed by atoms with Crippen LogP contribution >= 0.6 is 0 Å². The molecule has 1 rings (SSSR count). The zero-order valence-corrected chi connectivity index (χ0v) is 9.72. The number of aliphatic carboxylic acids is 5. The third kappa shape index (κ3) is 1.85. The molecule has 0 aromatic carbocycles. The number of hydrogen-bond donors (Lipinski definition) is 5. The Hall–Kier alpha value is -2.65. The lowest BCUT2D eigenvalue weighted by molar-refractivity contribution is -0.182. The predicted octanol–water partition coefficient (Wildman–Crippen LogP) is -1.35. The lowest BCUT2D eigenvalue weighted by Gasteiger charge is -2.28. The Balaban J connectivity index is 3.63. The molecule has 10 heteroatoms. The van der Waals surface area contributed by atoms with Crippen LogP contribution in [0.25, 0.3) is 0 Å². The van der Waals surface area contributed by atoms with Gasteiger partial charge in [-0.2, -0.15) is 0 Å². The average Bonchev–Trinajstić information content (AvgIpc) is 2.65. The van der Waals surface area contributed by atoms with Crippen LogP contribution in [0, 0.1) is 23.2 Å². The van der Waals surface area contributed by atoms with Gasteiger partial charge in [0.15, 0.2) is 5.41 Å². The van der Waals surface area contributed by atoms with Crippen LogP contribution in [0.3, 0.4) is 0 Å². The van der Waals surface area contributed by atoms with E-state index in [2.05, 4.69) is 0 Å². The molecular formula is C10H10O10. The number of hydrogen-bond acceptors (Lipinski definition) is 5. The van der Waals surface area contributed by atoms with Crippen LogP contribution in [0.1, 0.15) is 6.42 Å². The summed E-state index contributed by atoms with van der Waals surface area (Å²) in [7, 11) is 0. The van der Waals surface area contributed by atoms with Crippen molar-refractivity contribution in [1.29, 1.82) is 0 Å². The minimum atomic E-state index is -3.22. The third-order valence-corrected chi connectivity index (χ3v) is 3.52. The van der Waals surface area contributed by atoms with E-state index in [-0.39, 0.29) is 0 Å². The molecule has 110 valence electrons. The molecule has 20 heavy (non-hydrogen) atoms. The Morgan fingerprint density at radius 1 is 0.750 bits per heavy atom. The fourth-order valence-corrected chi connectivity index (χ4v) is 2.67. The van der Waals surface area contributed by atoms with Gasteiger partial charge >= 0.3 is 29.8 Å². The van der Waals surface area contributed by atoms with E-state index >= 15 is 0 Å². The van der Waals surface area contributed by atoms with Crippen LogP contribution in [0.15, 0.2) is 0 Å². The summed E-state index contributed by atoms with van der Waals surface area (Å²) < 4.78 is 0. The molecule has 0 aromatic rings. The lowest BCUT2D eigenvalue weighted by Crippen LogP contribution is -2.53. The highest BCUT2D eigenvalue weighted by Crippen LogP contribution is 2.52. The van der Waals surface area contributed by atoms with Crippen LogP contribution < -0.4 is 0 Å². The Bertz CT molecular complexity index is 492. The Labute approximate surface area is 110 Å². The zero-order chi connectivity index (χ0) is 15.8. The maximum atomic E-state index is 11.3. The van der Waals surface area contributed by atoms with Crippen LogP contribution in [0.2, 0.25) is 0 Å². The standard InChI is InChI=1S/C10H10O10/c11-5(12)2-1-3(6(13)14)10(8(17)18,9(19)20)4(2)7(15)16/h2-4H,1H2,(H,11,12)(H,13,14)(H,15,16)(H,17,18)(H,19,20). The molecule has 1 aliphatic rings. The SMILES string of the molecule is O=C(O)C1CC(C(=O)O)C(C(=O)O)(C(=O)O)C1C(=O)O. The summed E-state index contributed by atoms with van der Waals surface area (Å²) in [5, 5.41) is 44.9. The summed E-state index contributed by atoms with van der Waals surface area (Å²) in [4.78, 5) is 55.7. The Kier molecular flexibility index (Phi) is 3.69. The summed E-state index contributed by atoms with van der Waals surface area (Å²) in [6.07, 6.45) is -0.889. The van der Waals surface area contributed by atoms with Crippen molar-refractivity contribution >= 4 is 29.8 Å². The van der Waals surface area contributed by atoms with Crippen LogP contribution in [-0.4, -0.2) is 55.4 Å². The Morgan fingerprint density at radius 2 is 1.20 bits per heavy atom. The van der Waals surface area contributed by atoms with Crippen LogP contribution in [-0.2, 0) is 24.0 Å². The van der Waals surface area contributed by atoms with E-state index in [0.29, 0.717) is 0 Å². The number of rotatable bonds is 5. The molecule has 0 spiro atoms. The first-order chi connectivity index (χ1) is 9.08. The molecule has 0 aromatic heterocycles. The van der Waals surface area contributed by atoms with Crippen molar-refractivity contribution in [3.63, 3.8) is 0 Å². The molecule has 1 fully saturated rings. The van der Waals surface area contributed by atoms with Gasteiger partial charge in [-0.25, -0.2) is 0 Å². The molecule has 1 saturated carbocycles. The van der Waals surface area contributed by atoms with E-state index in [9.17, 15) is 24.0 Å². The van der Waals surface area contributed by atoms with Gasteiger partial charge in [0.1, 0.15) is 0 Å². The number of carboxylic acids is 5. The van der Waals surface area contributed by atoms with Gasteiger partial charge in [-0.15, -0.1) is 0 Å². The highest BCUT2D eigenvalue weighted by atomic mass is 16.4. The van der Waals surface area contributed by atoms with E-state index in [1.165, 1.54) is 0 Å². The Morgan fingerprint density at radius 3 is 1.45 bits per heavy atom. The van der Waals surface area contributed by atoms with Crippen molar-refractivity contribution in [2.24, 2.45) is 23.2 Å². The second kappa shape index (κ2) is 4.79. The fraction of sp³-hybridized carbons (Fsp3) is 0.500. The molecule has 3 atom stereocenters. The minimum absolute atomic E-state index is 0.889. The molecule has 3 unspecified atom stereocenters. The summed E-state index contributed by atoms with van der Waals surface area (Å²) in [5.41, 5.74) is -3.22. The molecule has 0 radical (unpaired) electrons.